The number of hydrogen-bond donors (Lipinski definition) is 1. The lowest BCUT2D eigenvalue weighted by atomic mass is 9.92. The second-order valence-electron chi connectivity index (χ2n) is 5.98. The van der Waals surface area contributed by atoms with Gasteiger partial charge in [-0.25, -0.2) is 0 Å². The molecule has 1 aromatic carbocycles. The number of nitrogens with one attached hydrogen (secondary N) is 1. The summed E-state index contributed by atoms with van der Waals surface area (Å²) in [4.78, 5) is 12.2. The number of rotatable bonds is 8. The zero-order chi connectivity index (χ0) is 16.5. The van der Waals surface area contributed by atoms with Crippen LogP contribution in [0.15, 0.2) is 18.2 Å². The molecule has 0 bridgehead atoms. The average Bonchev–Trinajstić information content (AvgIpc) is 2.46. The standard InChI is InChI=1S/C18H26N2OS/c1-13(2)15-8-7-9-16(14(3)4)18(15)20-17(21)12-22-11-6-5-10-19/h7-9,13-14H,5-6,11-12H2,1-4H3,(H,20,21). The second kappa shape index (κ2) is 9.53. The summed E-state index contributed by atoms with van der Waals surface area (Å²) in [6.07, 6.45) is 1.40. The fraction of sp³-hybridized carbons (Fsp3) is 0.556. The Labute approximate surface area is 138 Å². The van der Waals surface area contributed by atoms with E-state index >= 15 is 0 Å². The fourth-order valence-electron chi connectivity index (χ4n) is 2.29. The number of anilines is 1. The SMILES string of the molecule is CC(C)c1cccc(C(C)C)c1NC(=O)CSCCCC#N. The number of benzene rings is 1. The van der Waals surface area contributed by atoms with Crippen molar-refractivity contribution in [2.75, 3.05) is 16.8 Å². The van der Waals surface area contributed by atoms with E-state index in [1.165, 1.54) is 11.1 Å². The van der Waals surface area contributed by atoms with Crippen molar-refractivity contribution in [1.82, 2.24) is 0 Å². The smallest absolute Gasteiger partial charge is 0.234 e. The van der Waals surface area contributed by atoms with Crippen molar-refractivity contribution < 1.29 is 4.79 Å². The first-order valence-electron chi connectivity index (χ1n) is 7.84. The van der Waals surface area contributed by atoms with Crippen molar-refractivity contribution in [2.45, 2.75) is 52.4 Å². The van der Waals surface area contributed by atoms with Crippen molar-refractivity contribution in [3.8, 4) is 6.07 Å². The molecule has 0 saturated heterocycles. The Morgan fingerprint density at radius 1 is 1.23 bits per heavy atom. The molecule has 0 saturated carbocycles. The maximum atomic E-state index is 12.2. The van der Waals surface area contributed by atoms with E-state index in [9.17, 15) is 4.79 Å². The highest BCUT2D eigenvalue weighted by Crippen LogP contribution is 2.32. The number of hydrogen-bond acceptors (Lipinski definition) is 3. The number of nitrogens with zero attached hydrogens (tertiary/aromatic N) is 1. The van der Waals surface area contributed by atoms with E-state index in [-0.39, 0.29) is 5.91 Å². The van der Waals surface area contributed by atoms with Gasteiger partial charge in [-0.2, -0.15) is 17.0 Å². The van der Waals surface area contributed by atoms with Crippen LogP contribution in [0, 0.1) is 11.3 Å². The lowest BCUT2D eigenvalue weighted by Gasteiger charge is -2.20. The summed E-state index contributed by atoms with van der Waals surface area (Å²) in [5.74, 6) is 2.07. The van der Waals surface area contributed by atoms with Crippen LogP contribution in [0.5, 0.6) is 0 Å². The van der Waals surface area contributed by atoms with Crippen LogP contribution in [0.25, 0.3) is 0 Å². The van der Waals surface area contributed by atoms with Crippen molar-refractivity contribution >= 4 is 23.4 Å². The van der Waals surface area contributed by atoms with Gasteiger partial charge in [-0.3, -0.25) is 4.79 Å². The molecule has 1 rings (SSSR count). The van der Waals surface area contributed by atoms with Crippen molar-refractivity contribution in [1.29, 1.82) is 5.26 Å². The van der Waals surface area contributed by atoms with Gasteiger partial charge in [0.05, 0.1) is 11.8 Å². The minimum absolute atomic E-state index is 0.0388. The molecule has 3 nitrogen and oxygen atoms in total. The van der Waals surface area contributed by atoms with Gasteiger partial charge in [-0.05, 0) is 35.1 Å². The largest absolute Gasteiger partial charge is 0.325 e. The molecule has 0 aliphatic carbocycles. The Bertz CT molecular complexity index is 506. The lowest BCUT2D eigenvalue weighted by Crippen LogP contribution is -2.17. The molecule has 22 heavy (non-hydrogen) atoms. The molecule has 1 aromatic rings. The second-order valence-corrected chi connectivity index (χ2v) is 7.09. The summed E-state index contributed by atoms with van der Waals surface area (Å²) in [6, 6.07) is 8.37. The first kappa shape index (κ1) is 18.6. The Hall–Kier alpha value is -1.47. The minimum atomic E-state index is 0.0388. The van der Waals surface area contributed by atoms with Crippen molar-refractivity contribution in [3.05, 3.63) is 29.3 Å². The molecule has 120 valence electrons. The van der Waals surface area contributed by atoms with E-state index in [0.717, 1.165) is 17.9 Å². The molecule has 0 aliphatic heterocycles. The Balaban J connectivity index is 2.74. The zero-order valence-electron chi connectivity index (χ0n) is 14.0. The quantitative estimate of drug-likeness (QED) is 0.693. The van der Waals surface area contributed by atoms with Gasteiger partial charge >= 0.3 is 0 Å². The molecule has 4 heteroatoms. The van der Waals surface area contributed by atoms with Crippen LogP contribution in [0.2, 0.25) is 0 Å². The van der Waals surface area contributed by atoms with Crippen molar-refractivity contribution in [3.63, 3.8) is 0 Å². The molecule has 0 heterocycles. The molecule has 0 radical (unpaired) electrons. The molecule has 0 spiro atoms. The van der Waals surface area contributed by atoms with Gasteiger partial charge in [0.2, 0.25) is 5.91 Å². The number of carbonyl (C=O) groups is 1. The highest BCUT2D eigenvalue weighted by Gasteiger charge is 2.15. The van der Waals surface area contributed by atoms with Crippen LogP contribution in [0.1, 0.15) is 63.5 Å². The molecule has 0 unspecified atom stereocenters. The number of carbonyl (C=O) groups excluding carboxylic acids is 1. The van der Waals surface area contributed by atoms with Gasteiger partial charge in [-0.1, -0.05) is 45.9 Å². The van der Waals surface area contributed by atoms with E-state index in [0.29, 0.717) is 24.0 Å². The average molecular weight is 318 g/mol. The van der Waals surface area contributed by atoms with E-state index in [2.05, 4.69) is 57.3 Å². The molecule has 1 N–H and O–H groups in total. The maximum absolute atomic E-state index is 12.2. The van der Waals surface area contributed by atoms with Crippen LogP contribution in [-0.4, -0.2) is 17.4 Å². The monoisotopic (exact) mass is 318 g/mol. The zero-order valence-corrected chi connectivity index (χ0v) is 14.8. The Morgan fingerprint density at radius 3 is 2.32 bits per heavy atom. The normalized spacial score (nSPS) is 10.8. The van der Waals surface area contributed by atoms with Crippen LogP contribution in [0.4, 0.5) is 5.69 Å². The maximum Gasteiger partial charge on any atom is 0.234 e. The summed E-state index contributed by atoms with van der Waals surface area (Å²) in [7, 11) is 0. The first-order valence-corrected chi connectivity index (χ1v) is 9.00. The summed E-state index contributed by atoms with van der Waals surface area (Å²) < 4.78 is 0. The number of unbranched alkanes of at least 4 members (excludes halogenated alkanes) is 1. The predicted molar refractivity (Wildman–Crippen MR) is 95.4 cm³/mol. The molecule has 0 aromatic heterocycles. The van der Waals surface area contributed by atoms with Gasteiger partial charge in [0.1, 0.15) is 0 Å². The van der Waals surface area contributed by atoms with Gasteiger partial charge in [0.25, 0.3) is 0 Å². The predicted octanol–water partition coefficient (Wildman–Crippen LogP) is 4.91. The molecule has 0 fully saturated rings. The molecule has 0 atom stereocenters. The van der Waals surface area contributed by atoms with E-state index in [1.807, 2.05) is 0 Å². The molecular formula is C18H26N2OS. The highest BCUT2D eigenvalue weighted by atomic mass is 32.2. The van der Waals surface area contributed by atoms with E-state index < -0.39 is 0 Å². The highest BCUT2D eigenvalue weighted by molar-refractivity contribution is 7.99. The molecular weight excluding hydrogens is 292 g/mol. The van der Waals surface area contributed by atoms with Crippen molar-refractivity contribution in [2.24, 2.45) is 0 Å². The Morgan fingerprint density at radius 2 is 1.82 bits per heavy atom. The van der Waals surface area contributed by atoms with Gasteiger partial charge in [0.15, 0.2) is 0 Å². The number of amides is 1. The summed E-state index contributed by atoms with van der Waals surface area (Å²) in [5.41, 5.74) is 3.36. The first-order chi connectivity index (χ1) is 10.5. The number of nitriles is 1. The third-order valence-corrected chi connectivity index (χ3v) is 4.49. The van der Waals surface area contributed by atoms with E-state index in [4.69, 9.17) is 5.26 Å². The third-order valence-electron chi connectivity index (χ3n) is 3.45. The molecule has 1 amide bonds. The fourth-order valence-corrected chi connectivity index (χ4v) is 3.04. The molecule has 0 aliphatic rings. The summed E-state index contributed by atoms with van der Waals surface area (Å²) in [6.45, 7) is 8.58. The number of thioether (sulfide) groups is 1. The minimum Gasteiger partial charge on any atom is -0.325 e. The lowest BCUT2D eigenvalue weighted by molar-refractivity contribution is -0.113. The van der Waals surface area contributed by atoms with Gasteiger partial charge < -0.3 is 5.32 Å². The van der Waals surface area contributed by atoms with Crippen LogP contribution in [-0.2, 0) is 4.79 Å². The van der Waals surface area contributed by atoms with Crippen LogP contribution < -0.4 is 5.32 Å². The van der Waals surface area contributed by atoms with E-state index in [1.54, 1.807) is 11.8 Å². The summed E-state index contributed by atoms with van der Waals surface area (Å²) >= 11 is 1.59. The topological polar surface area (TPSA) is 52.9 Å². The van der Waals surface area contributed by atoms with Gasteiger partial charge in [0, 0.05) is 12.1 Å². The Kier molecular flexibility index (Phi) is 8.05. The van der Waals surface area contributed by atoms with Gasteiger partial charge in [-0.15, -0.1) is 0 Å². The van der Waals surface area contributed by atoms with Crippen LogP contribution >= 0.6 is 11.8 Å². The van der Waals surface area contributed by atoms with Crippen LogP contribution in [0.3, 0.4) is 0 Å². The summed E-state index contributed by atoms with van der Waals surface area (Å²) in [5, 5.41) is 11.6. The number of para-hydroxylation sites is 1. The third kappa shape index (κ3) is 5.73.